The van der Waals surface area contributed by atoms with Crippen molar-refractivity contribution in [3.63, 3.8) is 0 Å². The minimum Gasteiger partial charge on any atom is -0.492 e. The molecule has 0 bridgehead atoms. The lowest BCUT2D eigenvalue weighted by Crippen LogP contribution is -2.40. The molecule has 7 heteroatoms. The van der Waals surface area contributed by atoms with E-state index in [-0.39, 0.29) is 19.0 Å². The number of amides is 1. The summed E-state index contributed by atoms with van der Waals surface area (Å²) in [6.45, 7) is 2.52. The second-order valence-corrected chi connectivity index (χ2v) is 8.01. The first kappa shape index (κ1) is 19.9. The molecule has 1 amide bonds. The Morgan fingerprint density at radius 2 is 1.85 bits per heavy atom. The fraction of sp³-hybridized carbons (Fsp3) is 0.316. The van der Waals surface area contributed by atoms with Gasteiger partial charge >= 0.3 is 0 Å². The Balaban J connectivity index is 1.81. The predicted octanol–water partition coefficient (Wildman–Crippen LogP) is 1.95. The van der Waals surface area contributed by atoms with Crippen LogP contribution in [0.4, 0.5) is 0 Å². The molecule has 0 heterocycles. The van der Waals surface area contributed by atoms with Crippen molar-refractivity contribution < 1.29 is 17.9 Å². The molecule has 2 aromatic rings. The maximum absolute atomic E-state index is 12.1. The highest BCUT2D eigenvalue weighted by Crippen LogP contribution is 2.12. The zero-order valence-corrected chi connectivity index (χ0v) is 15.8. The molecule has 2 rings (SSSR count). The van der Waals surface area contributed by atoms with Crippen molar-refractivity contribution in [3.8, 4) is 5.75 Å². The second-order valence-electron chi connectivity index (χ2n) is 6.03. The van der Waals surface area contributed by atoms with E-state index in [0.29, 0.717) is 13.2 Å². The number of nitrogens with one attached hydrogen (secondary N) is 1. The molecule has 0 radical (unpaired) electrons. The number of hydrogen-bond acceptors (Lipinski definition) is 4. The zero-order chi connectivity index (χ0) is 19.0. The molecule has 0 fully saturated rings. The molecule has 0 unspecified atom stereocenters. The molecule has 1 N–H and O–H groups in total. The van der Waals surface area contributed by atoms with Gasteiger partial charge in [-0.3, -0.25) is 4.79 Å². The van der Waals surface area contributed by atoms with Gasteiger partial charge in [0, 0.05) is 6.54 Å². The number of benzene rings is 2. The first-order valence-corrected chi connectivity index (χ1v) is 10.1. The van der Waals surface area contributed by atoms with E-state index in [1.54, 1.807) is 0 Å². The van der Waals surface area contributed by atoms with E-state index in [2.05, 4.69) is 5.32 Å². The first-order valence-electron chi connectivity index (χ1n) is 8.30. The van der Waals surface area contributed by atoms with Crippen LogP contribution in [0.15, 0.2) is 54.6 Å². The lowest BCUT2D eigenvalue weighted by molar-refractivity contribution is -0.121. The Morgan fingerprint density at radius 3 is 2.50 bits per heavy atom. The van der Waals surface area contributed by atoms with Crippen molar-refractivity contribution in [3.05, 3.63) is 65.7 Å². The number of hydrogen-bond donors (Lipinski definition) is 1. The summed E-state index contributed by atoms with van der Waals surface area (Å²) < 4.78 is 30.6. The van der Waals surface area contributed by atoms with Crippen LogP contribution in [0, 0.1) is 6.92 Å². The molecule has 0 aliphatic carbocycles. The molecule has 0 saturated carbocycles. The fourth-order valence-corrected chi connectivity index (χ4v) is 3.09. The predicted molar refractivity (Wildman–Crippen MR) is 101 cm³/mol. The van der Waals surface area contributed by atoms with Crippen molar-refractivity contribution in [1.82, 2.24) is 9.62 Å². The van der Waals surface area contributed by atoms with Crippen LogP contribution in [-0.4, -0.2) is 44.6 Å². The number of carbonyl (C=O) groups excluding carboxylic acids is 1. The van der Waals surface area contributed by atoms with Crippen LogP contribution in [0.1, 0.15) is 11.1 Å². The third-order valence-corrected chi connectivity index (χ3v) is 4.87. The molecule has 2 aromatic carbocycles. The van der Waals surface area contributed by atoms with E-state index in [1.165, 1.54) is 0 Å². The topological polar surface area (TPSA) is 75.7 Å². The van der Waals surface area contributed by atoms with E-state index in [9.17, 15) is 13.2 Å². The number of aryl methyl sites for hydroxylation is 1. The Bertz CT molecular complexity index is 822. The Kier molecular flexibility index (Phi) is 7.17. The van der Waals surface area contributed by atoms with Crippen LogP contribution in [0.5, 0.6) is 5.75 Å². The largest absolute Gasteiger partial charge is 0.492 e. The first-order chi connectivity index (χ1) is 12.3. The van der Waals surface area contributed by atoms with Crippen molar-refractivity contribution in [2.75, 3.05) is 26.0 Å². The standard InChI is InChI=1S/C19H24N2O4S/c1-16-7-6-10-18(13-16)25-12-11-20-19(22)15-21(26(2,23)24)14-17-8-4-3-5-9-17/h3-10,13H,11-12,14-15H2,1-2H3,(H,20,22). The third-order valence-electron chi connectivity index (χ3n) is 3.67. The van der Waals surface area contributed by atoms with Gasteiger partial charge in [0.2, 0.25) is 15.9 Å². The van der Waals surface area contributed by atoms with E-state index < -0.39 is 10.0 Å². The lowest BCUT2D eigenvalue weighted by atomic mass is 10.2. The highest BCUT2D eigenvalue weighted by Gasteiger charge is 2.20. The fourth-order valence-electron chi connectivity index (χ4n) is 2.36. The Hall–Kier alpha value is -2.38. The van der Waals surface area contributed by atoms with Gasteiger partial charge in [-0.25, -0.2) is 8.42 Å². The number of carbonyl (C=O) groups is 1. The molecular weight excluding hydrogens is 352 g/mol. The summed E-state index contributed by atoms with van der Waals surface area (Å²) in [7, 11) is -3.50. The van der Waals surface area contributed by atoms with Crippen LogP contribution >= 0.6 is 0 Å². The molecule has 0 atom stereocenters. The monoisotopic (exact) mass is 376 g/mol. The number of nitrogens with zero attached hydrogens (tertiary/aromatic N) is 1. The van der Waals surface area contributed by atoms with Gasteiger partial charge in [-0.15, -0.1) is 0 Å². The van der Waals surface area contributed by atoms with Crippen LogP contribution in [-0.2, 0) is 21.4 Å². The Morgan fingerprint density at radius 1 is 1.12 bits per heavy atom. The Labute approximate surface area is 154 Å². The van der Waals surface area contributed by atoms with E-state index >= 15 is 0 Å². The smallest absolute Gasteiger partial charge is 0.235 e. The molecule has 26 heavy (non-hydrogen) atoms. The van der Waals surface area contributed by atoms with Crippen LogP contribution in [0.25, 0.3) is 0 Å². The molecule has 0 aliphatic heterocycles. The summed E-state index contributed by atoms with van der Waals surface area (Å²) in [4.78, 5) is 12.1. The maximum atomic E-state index is 12.1. The molecule has 0 spiro atoms. The average Bonchev–Trinajstić information content (AvgIpc) is 2.58. The highest BCUT2D eigenvalue weighted by atomic mass is 32.2. The van der Waals surface area contributed by atoms with Crippen LogP contribution < -0.4 is 10.1 Å². The van der Waals surface area contributed by atoms with Gasteiger partial charge in [-0.05, 0) is 30.2 Å². The van der Waals surface area contributed by atoms with Gasteiger partial charge in [0.25, 0.3) is 0 Å². The number of ether oxygens (including phenoxy) is 1. The molecule has 0 saturated heterocycles. The van der Waals surface area contributed by atoms with E-state index in [4.69, 9.17) is 4.74 Å². The summed E-state index contributed by atoms with van der Waals surface area (Å²) in [6, 6.07) is 16.8. The summed E-state index contributed by atoms with van der Waals surface area (Å²) in [5.41, 5.74) is 1.92. The van der Waals surface area contributed by atoms with Gasteiger partial charge in [0.1, 0.15) is 12.4 Å². The van der Waals surface area contributed by atoms with Crippen molar-refractivity contribution >= 4 is 15.9 Å². The average molecular weight is 376 g/mol. The summed E-state index contributed by atoms with van der Waals surface area (Å²) in [6.07, 6.45) is 1.10. The summed E-state index contributed by atoms with van der Waals surface area (Å²) in [5.74, 6) is 0.375. The second kappa shape index (κ2) is 9.35. The zero-order valence-electron chi connectivity index (χ0n) is 15.0. The van der Waals surface area contributed by atoms with Gasteiger partial charge in [-0.1, -0.05) is 42.5 Å². The summed E-state index contributed by atoms with van der Waals surface area (Å²) >= 11 is 0. The van der Waals surface area contributed by atoms with Crippen LogP contribution in [0.3, 0.4) is 0 Å². The van der Waals surface area contributed by atoms with Crippen molar-refractivity contribution in [1.29, 1.82) is 0 Å². The number of rotatable bonds is 9. The molecular formula is C19H24N2O4S. The van der Waals surface area contributed by atoms with Crippen molar-refractivity contribution in [2.45, 2.75) is 13.5 Å². The maximum Gasteiger partial charge on any atom is 0.235 e. The minimum atomic E-state index is -3.50. The number of sulfonamides is 1. The third kappa shape index (κ3) is 6.85. The van der Waals surface area contributed by atoms with E-state index in [1.807, 2.05) is 61.5 Å². The van der Waals surface area contributed by atoms with Crippen molar-refractivity contribution in [2.24, 2.45) is 0 Å². The SMILES string of the molecule is Cc1cccc(OCCNC(=O)CN(Cc2ccccc2)S(C)(=O)=O)c1. The van der Waals surface area contributed by atoms with Crippen LogP contribution in [0.2, 0.25) is 0 Å². The normalized spacial score (nSPS) is 11.3. The van der Waals surface area contributed by atoms with Gasteiger partial charge in [0.05, 0.1) is 19.3 Å². The van der Waals surface area contributed by atoms with Gasteiger partial charge in [-0.2, -0.15) is 4.31 Å². The van der Waals surface area contributed by atoms with E-state index in [0.717, 1.165) is 27.4 Å². The summed E-state index contributed by atoms with van der Waals surface area (Å²) in [5, 5.41) is 2.69. The highest BCUT2D eigenvalue weighted by molar-refractivity contribution is 7.88. The molecule has 140 valence electrons. The quantitative estimate of drug-likeness (QED) is 0.679. The van der Waals surface area contributed by atoms with Gasteiger partial charge in [0.15, 0.2) is 0 Å². The van der Waals surface area contributed by atoms with Gasteiger partial charge < -0.3 is 10.1 Å². The minimum absolute atomic E-state index is 0.160. The molecule has 0 aliphatic rings. The molecule has 6 nitrogen and oxygen atoms in total. The molecule has 0 aromatic heterocycles. The lowest BCUT2D eigenvalue weighted by Gasteiger charge is -2.19.